The molecule has 1 aliphatic rings. The second-order valence-corrected chi connectivity index (χ2v) is 6.15. The molecule has 20 heavy (non-hydrogen) atoms. The lowest BCUT2D eigenvalue weighted by atomic mass is 10.00. The number of thiophene rings is 1. The van der Waals surface area contributed by atoms with Gasteiger partial charge in [0.2, 0.25) is 5.91 Å². The Balaban J connectivity index is 1.83. The Bertz CT molecular complexity index is 461. The summed E-state index contributed by atoms with van der Waals surface area (Å²) in [6.45, 7) is 3.18. The molecule has 0 bridgehead atoms. The maximum atomic E-state index is 12.0. The van der Waals surface area contributed by atoms with Crippen LogP contribution in [0.3, 0.4) is 0 Å². The molecule has 2 amide bonds. The van der Waals surface area contributed by atoms with Gasteiger partial charge in [0.05, 0.1) is 11.4 Å². The third-order valence-electron chi connectivity index (χ3n) is 3.57. The molecule has 2 atom stereocenters. The van der Waals surface area contributed by atoms with E-state index in [1.165, 1.54) is 16.2 Å². The maximum absolute atomic E-state index is 12.0. The average Bonchev–Trinajstić information content (AvgIpc) is 2.94. The number of nitrogens with one attached hydrogen (secondary N) is 2. The Hall–Kier alpha value is -1.40. The molecule has 0 radical (unpaired) electrons. The molecule has 0 spiro atoms. The topological polar surface area (TPSA) is 61.4 Å². The zero-order chi connectivity index (χ0) is 14.5. The van der Waals surface area contributed by atoms with Crippen molar-refractivity contribution in [1.82, 2.24) is 15.5 Å². The van der Waals surface area contributed by atoms with Crippen LogP contribution in [0, 0.1) is 0 Å². The van der Waals surface area contributed by atoms with Gasteiger partial charge in [0, 0.05) is 19.1 Å². The summed E-state index contributed by atoms with van der Waals surface area (Å²) >= 11 is 1.39. The number of piperidine rings is 1. The van der Waals surface area contributed by atoms with Gasteiger partial charge in [0.15, 0.2) is 0 Å². The van der Waals surface area contributed by atoms with Gasteiger partial charge in [0.25, 0.3) is 5.91 Å². The molecule has 0 aliphatic carbocycles. The molecule has 5 nitrogen and oxygen atoms in total. The van der Waals surface area contributed by atoms with E-state index >= 15 is 0 Å². The van der Waals surface area contributed by atoms with Crippen molar-refractivity contribution in [2.24, 2.45) is 0 Å². The number of hydrogen-bond acceptors (Lipinski definition) is 4. The zero-order valence-electron chi connectivity index (χ0n) is 11.9. The standard InChI is InChI=1S/C14H21N3O2S/c1-10-11(5-3-7-15-10)16-13(18)9-17(2)14(19)12-6-4-8-20-12/h4,6,8,10-11,15H,3,5,7,9H2,1-2H3,(H,16,18). The van der Waals surface area contributed by atoms with Crippen molar-refractivity contribution < 1.29 is 9.59 Å². The second-order valence-electron chi connectivity index (χ2n) is 5.20. The van der Waals surface area contributed by atoms with Gasteiger partial charge < -0.3 is 15.5 Å². The van der Waals surface area contributed by atoms with Gasteiger partial charge in [-0.15, -0.1) is 11.3 Å². The number of likely N-dealkylation sites (N-methyl/N-ethyl adjacent to an activating group) is 1. The lowest BCUT2D eigenvalue weighted by Crippen LogP contribution is -2.53. The Kier molecular flexibility index (Phi) is 5.14. The minimum absolute atomic E-state index is 0.0972. The first-order valence-electron chi connectivity index (χ1n) is 6.89. The lowest BCUT2D eigenvalue weighted by Gasteiger charge is -2.31. The highest BCUT2D eigenvalue weighted by atomic mass is 32.1. The van der Waals surface area contributed by atoms with Crippen LogP contribution in [0.5, 0.6) is 0 Å². The lowest BCUT2D eigenvalue weighted by molar-refractivity contribution is -0.122. The summed E-state index contributed by atoms with van der Waals surface area (Å²) in [6, 6.07) is 4.04. The molecule has 2 heterocycles. The fourth-order valence-electron chi connectivity index (χ4n) is 2.37. The van der Waals surface area contributed by atoms with Crippen molar-refractivity contribution in [3.63, 3.8) is 0 Å². The van der Waals surface area contributed by atoms with E-state index in [9.17, 15) is 9.59 Å². The van der Waals surface area contributed by atoms with Crippen LogP contribution >= 0.6 is 11.3 Å². The van der Waals surface area contributed by atoms with Gasteiger partial charge in [-0.1, -0.05) is 6.07 Å². The van der Waals surface area contributed by atoms with Crippen LogP contribution in [0.2, 0.25) is 0 Å². The van der Waals surface area contributed by atoms with Crippen molar-refractivity contribution in [1.29, 1.82) is 0 Å². The van der Waals surface area contributed by atoms with Gasteiger partial charge >= 0.3 is 0 Å². The molecular weight excluding hydrogens is 274 g/mol. The van der Waals surface area contributed by atoms with Crippen molar-refractivity contribution in [2.45, 2.75) is 31.8 Å². The Morgan fingerprint density at radius 1 is 1.55 bits per heavy atom. The van der Waals surface area contributed by atoms with Crippen molar-refractivity contribution in [2.75, 3.05) is 20.1 Å². The number of carbonyl (C=O) groups excluding carboxylic acids is 2. The van der Waals surface area contributed by atoms with Crippen LogP contribution in [0.15, 0.2) is 17.5 Å². The third kappa shape index (κ3) is 3.80. The molecule has 1 aliphatic heterocycles. The minimum Gasteiger partial charge on any atom is -0.350 e. The quantitative estimate of drug-likeness (QED) is 0.874. The molecule has 1 aromatic rings. The highest BCUT2D eigenvalue weighted by Gasteiger charge is 2.23. The summed E-state index contributed by atoms with van der Waals surface area (Å²) in [5.74, 6) is -0.206. The van der Waals surface area contributed by atoms with E-state index in [0.717, 1.165) is 19.4 Å². The molecule has 2 N–H and O–H groups in total. The average molecular weight is 295 g/mol. The molecule has 1 saturated heterocycles. The normalized spacial score (nSPS) is 22.3. The number of nitrogens with zero attached hydrogens (tertiary/aromatic N) is 1. The summed E-state index contributed by atoms with van der Waals surface area (Å²) in [5, 5.41) is 8.21. The minimum atomic E-state index is -0.107. The van der Waals surface area contributed by atoms with Gasteiger partial charge in [-0.3, -0.25) is 9.59 Å². The second kappa shape index (κ2) is 6.85. The summed E-state index contributed by atoms with van der Waals surface area (Å²) in [6.07, 6.45) is 2.06. The number of rotatable bonds is 4. The fourth-order valence-corrected chi connectivity index (χ4v) is 3.09. The van der Waals surface area contributed by atoms with Crippen LogP contribution < -0.4 is 10.6 Å². The van der Waals surface area contributed by atoms with E-state index in [2.05, 4.69) is 17.6 Å². The molecular formula is C14H21N3O2S. The highest BCUT2D eigenvalue weighted by molar-refractivity contribution is 7.12. The number of amides is 2. The van der Waals surface area contributed by atoms with E-state index in [1.54, 1.807) is 13.1 Å². The maximum Gasteiger partial charge on any atom is 0.264 e. The highest BCUT2D eigenvalue weighted by Crippen LogP contribution is 2.11. The van der Waals surface area contributed by atoms with Crippen LogP contribution in [0.4, 0.5) is 0 Å². The third-order valence-corrected chi connectivity index (χ3v) is 4.43. The van der Waals surface area contributed by atoms with E-state index in [1.807, 2.05) is 11.4 Å². The first kappa shape index (κ1) is 15.0. The van der Waals surface area contributed by atoms with Crippen LogP contribution in [0.1, 0.15) is 29.4 Å². The molecule has 1 aromatic heterocycles. The fraction of sp³-hybridized carbons (Fsp3) is 0.571. The van der Waals surface area contributed by atoms with E-state index in [-0.39, 0.29) is 30.4 Å². The van der Waals surface area contributed by atoms with Crippen molar-refractivity contribution in [3.8, 4) is 0 Å². The molecule has 1 fully saturated rings. The molecule has 110 valence electrons. The molecule has 0 saturated carbocycles. The van der Waals surface area contributed by atoms with Crippen LogP contribution in [-0.4, -0.2) is 48.9 Å². The van der Waals surface area contributed by atoms with E-state index < -0.39 is 0 Å². The number of carbonyl (C=O) groups is 2. The van der Waals surface area contributed by atoms with E-state index in [4.69, 9.17) is 0 Å². The molecule has 2 unspecified atom stereocenters. The van der Waals surface area contributed by atoms with Gasteiger partial charge in [-0.25, -0.2) is 0 Å². The summed E-state index contributed by atoms with van der Waals surface area (Å²) in [4.78, 5) is 26.2. The van der Waals surface area contributed by atoms with Crippen molar-refractivity contribution >= 4 is 23.2 Å². The molecule has 2 rings (SSSR count). The molecule has 6 heteroatoms. The first-order chi connectivity index (χ1) is 9.58. The van der Waals surface area contributed by atoms with Crippen LogP contribution in [-0.2, 0) is 4.79 Å². The van der Waals surface area contributed by atoms with Gasteiger partial charge in [-0.2, -0.15) is 0 Å². The zero-order valence-corrected chi connectivity index (χ0v) is 12.7. The predicted octanol–water partition coefficient (Wildman–Crippen LogP) is 1.08. The van der Waals surface area contributed by atoms with Crippen molar-refractivity contribution in [3.05, 3.63) is 22.4 Å². The summed E-state index contributed by atoms with van der Waals surface area (Å²) in [7, 11) is 1.66. The first-order valence-corrected chi connectivity index (χ1v) is 7.77. The smallest absolute Gasteiger partial charge is 0.264 e. The Morgan fingerprint density at radius 3 is 3.00 bits per heavy atom. The van der Waals surface area contributed by atoms with Crippen LogP contribution in [0.25, 0.3) is 0 Å². The van der Waals surface area contributed by atoms with Gasteiger partial charge in [0.1, 0.15) is 0 Å². The Labute approximate surface area is 123 Å². The largest absolute Gasteiger partial charge is 0.350 e. The predicted molar refractivity (Wildman–Crippen MR) is 79.9 cm³/mol. The summed E-state index contributed by atoms with van der Waals surface area (Å²) in [5.41, 5.74) is 0. The Morgan fingerprint density at radius 2 is 2.35 bits per heavy atom. The van der Waals surface area contributed by atoms with Gasteiger partial charge in [-0.05, 0) is 37.8 Å². The molecule has 0 aromatic carbocycles. The SMILES string of the molecule is CC1NCCCC1NC(=O)CN(C)C(=O)c1cccs1. The monoisotopic (exact) mass is 295 g/mol. The number of hydrogen-bond donors (Lipinski definition) is 2. The summed E-state index contributed by atoms with van der Waals surface area (Å²) < 4.78 is 0. The van der Waals surface area contributed by atoms with E-state index in [0.29, 0.717) is 4.88 Å².